The fourth-order valence-corrected chi connectivity index (χ4v) is 1.12. The second kappa shape index (κ2) is 5.82. The van der Waals surface area contributed by atoms with E-state index in [1.165, 1.54) is 0 Å². The van der Waals surface area contributed by atoms with Crippen LogP contribution in [0.25, 0.3) is 0 Å². The first-order chi connectivity index (χ1) is 7.37. The number of halogens is 4. The third-order valence-electron chi connectivity index (χ3n) is 1.46. The first-order valence-electron chi connectivity index (χ1n) is 4.13. The van der Waals surface area contributed by atoms with E-state index in [1.807, 2.05) is 0 Å². The van der Waals surface area contributed by atoms with Crippen molar-refractivity contribution in [3.05, 3.63) is 29.3 Å². The van der Waals surface area contributed by atoms with Crippen LogP contribution in [-0.4, -0.2) is 16.5 Å². The van der Waals surface area contributed by atoms with Crippen molar-refractivity contribution in [3.63, 3.8) is 0 Å². The normalized spacial score (nSPS) is 11.0. The van der Waals surface area contributed by atoms with E-state index in [0.29, 0.717) is 10.7 Å². The maximum atomic E-state index is 11.2. The number of amides is 1. The van der Waals surface area contributed by atoms with Crippen molar-refractivity contribution >= 4 is 58.2 Å². The lowest BCUT2D eigenvalue weighted by Crippen LogP contribution is -2.21. The molecule has 0 aromatic heterocycles. The molecule has 1 rings (SSSR count). The van der Waals surface area contributed by atoms with Crippen LogP contribution < -0.4 is 5.32 Å². The quantitative estimate of drug-likeness (QED) is 0.829. The number of alkyl halides is 3. The van der Waals surface area contributed by atoms with Gasteiger partial charge < -0.3 is 4.74 Å². The Bertz CT molecular complexity index is 361. The van der Waals surface area contributed by atoms with Gasteiger partial charge >= 0.3 is 6.09 Å². The van der Waals surface area contributed by atoms with Crippen LogP contribution in [0, 0.1) is 0 Å². The van der Waals surface area contributed by atoms with Gasteiger partial charge in [0.2, 0.25) is 3.79 Å². The van der Waals surface area contributed by atoms with Crippen LogP contribution >= 0.6 is 46.4 Å². The molecular weight excluding hydrogens is 296 g/mol. The van der Waals surface area contributed by atoms with E-state index in [0.717, 1.165) is 0 Å². The fraction of sp³-hybridized carbons (Fsp3) is 0.222. The molecule has 0 heterocycles. The van der Waals surface area contributed by atoms with Crippen molar-refractivity contribution in [2.24, 2.45) is 0 Å². The number of carbonyl (C=O) groups excluding carboxylic acids is 1. The van der Waals surface area contributed by atoms with Crippen molar-refractivity contribution < 1.29 is 9.53 Å². The molecule has 0 atom stereocenters. The second-order valence-corrected chi connectivity index (χ2v) is 5.78. The SMILES string of the molecule is O=C(Nc1ccc(Cl)cc1)OCC(Cl)(Cl)Cl. The number of hydrogen-bond acceptors (Lipinski definition) is 2. The zero-order chi connectivity index (χ0) is 12.2. The molecule has 1 aromatic carbocycles. The molecule has 0 fully saturated rings. The van der Waals surface area contributed by atoms with Gasteiger partial charge in [-0.2, -0.15) is 0 Å². The van der Waals surface area contributed by atoms with Crippen LogP contribution in [0.2, 0.25) is 5.02 Å². The lowest BCUT2D eigenvalue weighted by Gasteiger charge is -2.11. The van der Waals surface area contributed by atoms with Crippen LogP contribution in [0.15, 0.2) is 24.3 Å². The summed E-state index contributed by atoms with van der Waals surface area (Å²) in [6.07, 6.45) is -0.700. The van der Waals surface area contributed by atoms with Gasteiger partial charge in [-0.3, -0.25) is 5.32 Å². The monoisotopic (exact) mass is 301 g/mol. The molecule has 16 heavy (non-hydrogen) atoms. The molecule has 1 amide bonds. The number of hydrogen-bond donors (Lipinski definition) is 1. The topological polar surface area (TPSA) is 38.3 Å². The number of carbonyl (C=O) groups is 1. The average Bonchev–Trinajstić information content (AvgIpc) is 2.18. The first kappa shape index (κ1) is 13.7. The molecule has 7 heteroatoms. The van der Waals surface area contributed by atoms with E-state index in [4.69, 9.17) is 46.4 Å². The van der Waals surface area contributed by atoms with Gasteiger partial charge in [-0.1, -0.05) is 46.4 Å². The van der Waals surface area contributed by atoms with Gasteiger partial charge in [0, 0.05) is 10.7 Å². The highest BCUT2D eigenvalue weighted by atomic mass is 35.6. The molecule has 3 nitrogen and oxygen atoms in total. The van der Waals surface area contributed by atoms with Crippen molar-refractivity contribution in [2.45, 2.75) is 3.79 Å². The predicted octanol–water partition coefficient (Wildman–Crippen LogP) is 4.26. The van der Waals surface area contributed by atoms with E-state index in [1.54, 1.807) is 24.3 Å². The minimum atomic E-state index is -1.61. The summed E-state index contributed by atoms with van der Waals surface area (Å²) in [6, 6.07) is 6.51. The van der Waals surface area contributed by atoms with Crippen LogP contribution in [-0.2, 0) is 4.74 Å². The molecule has 0 bridgehead atoms. The molecule has 0 aliphatic carbocycles. The Morgan fingerprint density at radius 1 is 1.25 bits per heavy atom. The van der Waals surface area contributed by atoms with Crippen LogP contribution in [0.3, 0.4) is 0 Å². The Morgan fingerprint density at radius 3 is 2.31 bits per heavy atom. The summed E-state index contributed by atoms with van der Waals surface area (Å²) in [5, 5.41) is 3.02. The predicted molar refractivity (Wildman–Crippen MR) is 66.7 cm³/mol. The maximum absolute atomic E-state index is 11.2. The lowest BCUT2D eigenvalue weighted by molar-refractivity contribution is 0.164. The minimum absolute atomic E-state index is 0.322. The third kappa shape index (κ3) is 5.66. The molecule has 88 valence electrons. The van der Waals surface area contributed by atoms with Crippen molar-refractivity contribution in [1.82, 2.24) is 0 Å². The summed E-state index contributed by atoms with van der Waals surface area (Å²) in [4.78, 5) is 11.2. The molecule has 0 radical (unpaired) electrons. The van der Waals surface area contributed by atoms with Gasteiger partial charge in [-0.05, 0) is 24.3 Å². The number of anilines is 1. The van der Waals surface area contributed by atoms with E-state index in [-0.39, 0.29) is 6.61 Å². The largest absolute Gasteiger partial charge is 0.445 e. The summed E-state index contributed by atoms with van der Waals surface area (Å²) in [7, 11) is 0. The molecule has 1 N–H and O–H groups in total. The Hall–Kier alpha value is -0.350. The minimum Gasteiger partial charge on any atom is -0.445 e. The maximum Gasteiger partial charge on any atom is 0.411 e. The Morgan fingerprint density at radius 2 is 1.81 bits per heavy atom. The summed E-state index contributed by atoms with van der Waals surface area (Å²) < 4.78 is 3.05. The van der Waals surface area contributed by atoms with Gasteiger partial charge in [0.05, 0.1) is 0 Å². The standard InChI is InChI=1S/C9H7Cl4NO2/c10-6-1-3-7(4-2-6)14-8(15)16-5-9(11,12)13/h1-4H,5H2,(H,14,15). The Balaban J connectivity index is 2.43. The fourth-order valence-electron chi connectivity index (χ4n) is 0.835. The van der Waals surface area contributed by atoms with Crippen LogP contribution in [0.5, 0.6) is 0 Å². The van der Waals surface area contributed by atoms with Gasteiger partial charge in [-0.15, -0.1) is 0 Å². The molecule has 0 aliphatic heterocycles. The number of rotatable bonds is 2. The Labute approximate surface area is 113 Å². The summed E-state index contributed by atoms with van der Waals surface area (Å²) in [6.45, 7) is -0.322. The van der Waals surface area contributed by atoms with Gasteiger partial charge in [0.25, 0.3) is 0 Å². The first-order valence-corrected chi connectivity index (χ1v) is 5.64. The molecule has 0 unspecified atom stereocenters. The summed E-state index contributed by atoms with van der Waals surface area (Å²) in [5.41, 5.74) is 0.540. The van der Waals surface area contributed by atoms with Crippen LogP contribution in [0.4, 0.5) is 10.5 Å². The highest BCUT2D eigenvalue weighted by Gasteiger charge is 2.22. The smallest absolute Gasteiger partial charge is 0.411 e. The molecule has 0 saturated heterocycles. The van der Waals surface area contributed by atoms with E-state index >= 15 is 0 Å². The molecular formula is C9H7Cl4NO2. The zero-order valence-electron chi connectivity index (χ0n) is 7.84. The van der Waals surface area contributed by atoms with Gasteiger partial charge in [0.15, 0.2) is 0 Å². The Kier molecular flexibility index (Phi) is 4.99. The number of benzene rings is 1. The molecule has 0 aliphatic rings. The molecule has 0 spiro atoms. The second-order valence-electron chi connectivity index (χ2n) is 2.82. The highest BCUT2D eigenvalue weighted by molar-refractivity contribution is 6.67. The third-order valence-corrected chi connectivity index (χ3v) is 2.04. The van der Waals surface area contributed by atoms with Crippen LogP contribution in [0.1, 0.15) is 0 Å². The highest BCUT2D eigenvalue weighted by Crippen LogP contribution is 2.26. The summed E-state index contributed by atoms with van der Waals surface area (Å²) in [5.74, 6) is 0. The van der Waals surface area contributed by atoms with Crippen molar-refractivity contribution in [2.75, 3.05) is 11.9 Å². The zero-order valence-corrected chi connectivity index (χ0v) is 10.9. The number of nitrogens with one attached hydrogen (secondary N) is 1. The molecule has 0 saturated carbocycles. The van der Waals surface area contributed by atoms with Crippen molar-refractivity contribution in [3.8, 4) is 0 Å². The van der Waals surface area contributed by atoms with Gasteiger partial charge in [0.1, 0.15) is 6.61 Å². The lowest BCUT2D eigenvalue weighted by atomic mass is 10.3. The van der Waals surface area contributed by atoms with E-state index in [9.17, 15) is 4.79 Å². The van der Waals surface area contributed by atoms with E-state index in [2.05, 4.69) is 10.1 Å². The molecule has 1 aromatic rings. The van der Waals surface area contributed by atoms with Crippen molar-refractivity contribution in [1.29, 1.82) is 0 Å². The average molecular weight is 303 g/mol. The van der Waals surface area contributed by atoms with Gasteiger partial charge in [-0.25, -0.2) is 4.79 Å². The summed E-state index contributed by atoms with van der Waals surface area (Å²) >= 11 is 21.9. The number of ether oxygens (including phenoxy) is 1. The van der Waals surface area contributed by atoms with E-state index < -0.39 is 9.89 Å².